The number of fused-ring (bicyclic) bond motifs is 1. The summed E-state index contributed by atoms with van der Waals surface area (Å²) in [4.78, 5) is 14.1. The van der Waals surface area contributed by atoms with Crippen LogP contribution in [-0.4, -0.2) is 30.3 Å². The number of hydrogen-bond acceptors (Lipinski definition) is 3. The van der Waals surface area contributed by atoms with Crippen molar-refractivity contribution in [1.82, 2.24) is 10.3 Å². The minimum atomic E-state index is 0.0133. The van der Waals surface area contributed by atoms with Gasteiger partial charge in [0.05, 0.1) is 6.61 Å². The van der Waals surface area contributed by atoms with Gasteiger partial charge in [0.2, 0.25) is 5.56 Å². The van der Waals surface area contributed by atoms with E-state index in [0.717, 1.165) is 44.6 Å². The number of pyridine rings is 1. The minimum Gasteiger partial charge on any atom is -0.380 e. The zero-order chi connectivity index (χ0) is 11.7. The Kier molecular flexibility index (Phi) is 2.99. The minimum absolute atomic E-state index is 0.0133. The Balaban J connectivity index is 1.67. The summed E-state index contributed by atoms with van der Waals surface area (Å²) in [6, 6.07) is 4.64. The molecule has 1 aromatic heterocycles. The molecule has 4 nitrogen and oxygen atoms in total. The molecule has 1 aliphatic heterocycles. The fourth-order valence-electron chi connectivity index (χ4n) is 2.79. The molecule has 2 heterocycles. The molecule has 2 N–H and O–H groups in total. The average molecular weight is 234 g/mol. The maximum atomic E-state index is 11.2. The van der Waals surface area contributed by atoms with Crippen molar-refractivity contribution in [3.8, 4) is 0 Å². The second-order valence-corrected chi connectivity index (χ2v) is 4.99. The van der Waals surface area contributed by atoms with E-state index in [1.165, 1.54) is 5.56 Å². The lowest BCUT2D eigenvalue weighted by Gasteiger charge is -2.27. The number of aryl methyl sites for hydroxylation is 1. The summed E-state index contributed by atoms with van der Waals surface area (Å²) >= 11 is 0. The van der Waals surface area contributed by atoms with Gasteiger partial charge in [-0.05, 0) is 31.2 Å². The summed E-state index contributed by atoms with van der Waals surface area (Å²) < 4.78 is 5.37. The molecule has 1 aliphatic carbocycles. The first-order chi connectivity index (χ1) is 8.31. The molecule has 4 heteroatoms. The number of H-pyrrole nitrogens is 1. The van der Waals surface area contributed by atoms with Gasteiger partial charge < -0.3 is 15.0 Å². The van der Waals surface area contributed by atoms with E-state index < -0.39 is 0 Å². The van der Waals surface area contributed by atoms with Crippen LogP contribution in [0, 0.1) is 0 Å². The van der Waals surface area contributed by atoms with Gasteiger partial charge in [-0.3, -0.25) is 4.79 Å². The molecule has 0 amide bonds. The third-order valence-corrected chi connectivity index (χ3v) is 3.71. The van der Waals surface area contributed by atoms with Crippen LogP contribution in [0.2, 0.25) is 0 Å². The van der Waals surface area contributed by atoms with Gasteiger partial charge in [-0.25, -0.2) is 0 Å². The topological polar surface area (TPSA) is 54.1 Å². The van der Waals surface area contributed by atoms with Crippen molar-refractivity contribution in [2.24, 2.45) is 0 Å². The van der Waals surface area contributed by atoms with E-state index in [0.29, 0.717) is 12.1 Å². The first-order valence-corrected chi connectivity index (χ1v) is 6.36. The highest BCUT2D eigenvalue weighted by molar-refractivity contribution is 5.24. The third-order valence-electron chi connectivity index (χ3n) is 3.71. The molecule has 0 unspecified atom stereocenters. The number of ether oxygens (including phenoxy) is 1. The Labute approximate surface area is 100 Å². The van der Waals surface area contributed by atoms with Crippen LogP contribution in [0.25, 0.3) is 0 Å². The molecule has 2 aliphatic rings. The fraction of sp³-hybridized carbons (Fsp3) is 0.615. The highest BCUT2D eigenvalue weighted by atomic mass is 16.5. The third kappa shape index (κ3) is 2.42. The van der Waals surface area contributed by atoms with E-state index in [1.807, 2.05) is 6.07 Å². The van der Waals surface area contributed by atoms with Crippen LogP contribution >= 0.6 is 0 Å². The smallest absolute Gasteiger partial charge is 0.248 e. The van der Waals surface area contributed by atoms with Crippen molar-refractivity contribution in [3.05, 3.63) is 33.7 Å². The molecular weight excluding hydrogens is 216 g/mol. The maximum absolute atomic E-state index is 11.2. The molecule has 1 fully saturated rings. The molecule has 2 atom stereocenters. The first kappa shape index (κ1) is 11.0. The number of aromatic amines is 1. The highest BCUT2D eigenvalue weighted by Gasteiger charge is 2.23. The van der Waals surface area contributed by atoms with Crippen molar-refractivity contribution in [2.75, 3.05) is 13.2 Å². The summed E-state index contributed by atoms with van der Waals surface area (Å²) in [5.41, 5.74) is 2.42. The molecule has 0 radical (unpaired) electrons. The lowest BCUT2D eigenvalue weighted by atomic mass is 9.91. The molecule has 0 bridgehead atoms. The van der Waals surface area contributed by atoms with E-state index in [4.69, 9.17) is 4.74 Å². The van der Waals surface area contributed by atoms with Gasteiger partial charge in [0.15, 0.2) is 0 Å². The van der Waals surface area contributed by atoms with Crippen molar-refractivity contribution < 1.29 is 4.74 Å². The van der Waals surface area contributed by atoms with Crippen LogP contribution < -0.4 is 10.9 Å². The van der Waals surface area contributed by atoms with Crippen LogP contribution in [0.4, 0.5) is 0 Å². The lowest BCUT2D eigenvalue weighted by molar-refractivity contribution is 0.187. The number of hydrogen-bond donors (Lipinski definition) is 2. The van der Waals surface area contributed by atoms with E-state index in [-0.39, 0.29) is 5.56 Å². The molecule has 0 spiro atoms. The molecule has 1 saturated heterocycles. The van der Waals surface area contributed by atoms with E-state index in [1.54, 1.807) is 6.07 Å². The summed E-state index contributed by atoms with van der Waals surface area (Å²) in [7, 11) is 0. The monoisotopic (exact) mass is 234 g/mol. The summed E-state index contributed by atoms with van der Waals surface area (Å²) in [6.07, 6.45) is 4.21. The average Bonchev–Trinajstić information content (AvgIpc) is 2.82. The fourth-order valence-corrected chi connectivity index (χ4v) is 2.79. The van der Waals surface area contributed by atoms with Crippen LogP contribution in [0.15, 0.2) is 16.9 Å². The molecular formula is C13H18N2O2. The molecule has 92 valence electrons. The second-order valence-electron chi connectivity index (χ2n) is 4.99. The van der Waals surface area contributed by atoms with E-state index in [2.05, 4.69) is 10.3 Å². The van der Waals surface area contributed by atoms with Crippen molar-refractivity contribution >= 4 is 0 Å². The molecule has 1 aromatic rings. The SMILES string of the molecule is O=c1ccc2c([nH]1)CC[C@H](N[C@@H]1CCOC1)C2. The molecule has 0 saturated carbocycles. The van der Waals surface area contributed by atoms with Crippen LogP contribution in [0.5, 0.6) is 0 Å². The van der Waals surface area contributed by atoms with Crippen molar-refractivity contribution in [2.45, 2.75) is 37.8 Å². The van der Waals surface area contributed by atoms with Gasteiger partial charge in [0, 0.05) is 30.5 Å². The Morgan fingerprint density at radius 3 is 3.06 bits per heavy atom. The van der Waals surface area contributed by atoms with Crippen LogP contribution in [0.3, 0.4) is 0 Å². The molecule has 3 rings (SSSR count). The number of aromatic nitrogens is 1. The largest absolute Gasteiger partial charge is 0.380 e. The summed E-state index contributed by atoms with van der Waals surface area (Å²) in [5.74, 6) is 0. The van der Waals surface area contributed by atoms with Gasteiger partial charge >= 0.3 is 0 Å². The Morgan fingerprint density at radius 2 is 2.24 bits per heavy atom. The van der Waals surface area contributed by atoms with Crippen LogP contribution in [-0.2, 0) is 17.6 Å². The lowest BCUT2D eigenvalue weighted by Crippen LogP contribution is -2.42. The second kappa shape index (κ2) is 4.63. The van der Waals surface area contributed by atoms with E-state index in [9.17, 15) is 4.79 Å². The normalized spacial score (nSPS) is 28.0. The van der Waals surface area contributed by atoms with Gasteiger partial charge in [-0.2, -0.15) is 0 Å². The van der Waals surface area contributed by atoms with Crippen LogP contribution in [0.1, 0.15) is 24.1 Å². The predicted octanol–water partition coefficient (Wildman–Crippen LogP) is 0.611. The number of nitrogens with one attached hydrogen (secondary N) is 2. The molecule has 17 heavy (non-hydrogen) atoms. The van der Waals surface area contributed by atoms with Gasteiger partial charge in [0.25, 0.3) is 0 Å². The Bertz CT molecular complexity index is 449. The van der Waals surface area contributed by atoms with Gasteiger partial charge in [-0.15, -0.1) is 0 Å². The summed E-state index contributed by atoms with van der Waals surface area (Å²) in [5, 5.41) is 3.66. The van der Waals surface area contributed by atoms with Gasteiger partial charge in [-0.1, -0.05) is 6.07 Å². The zero-order valence-corrected chi connectivity index (χ0v) is 9.87. The Morgan fingerprint density at radius 1 is 1.29 bits per heavy atom. The van der Waals surface area contributed by atoms with Crippen molar-refractivity contribution in [3.63, 3.8) is 0 Å². The Hall–Kier alpha value is -1.13. The first-order valence-electron chi connectivity index (χ1n) is 6.36. The highest BCUT2D eigenvalue weighted by Crippen LogP contribution is 2.19. The molecule has 0 aromatic carbocycles. The van der Waals surface area contributed by atoms with E-state index >= 15 is 0 Å². The predicted molar refractivity (Wildman–Crippen MR) is 65.2 cm³/mol. The quantitative estimate of drug-likeness (QED) is 0.788. The standard InChI is InChI=1S/C13H18N2O2/c16-13-4-1-9-7-10(2-3-12(9)15-13)14-11-5-6-17-8-11/h1,4,10-11,14H,2-3,5-8H2,(H,15,16)/t10-,11+/m0/s1. The number of rotatable bonds is 2. The summed E-state index contributed by atoms with van der Waals surface area (Å²) in [6.45, 7) is 1.73. The van der Waals surface area contributed by atoms with Crippen molar-refractivity contribution in [1.29, 1.82) is 0 Å². The zero-order valence-electron chi connectivity index (χ0n) is 9.87. The maximum Gasteiger partial charge on any atom is 0.248 e. The van der Waals surface area contributed by atoms with Gasteiger partial charge in [0.1, 0.15) is 0 Å².